The number of aromatic nitrogens is 1. The molecule has 0 atom stereocenters. The lowest BCUT2D eigenvalue weighted by molar-refractivity contribution is -0.125. The second-order valence-electron chi connectivity index (χ2n) is 5.62. The molecule has 1 aromatic rings. The van der Waals surface area contributed by atoms with Crippen LogP contribution in [0.4, 0.5) is 0 Å². The van der Waals surface area contributed by atoms with Gasteiger partial charge in [0.15, 0.2) is 5.76 Å². The highest BCUT2D eigenvalue weighted by molar-refractivity contribution is 7.89. The van der Waals surface area contributed by atoms with Crippen molar-refractivity contribution in [3.8, 4) is 0 Å². The lowest BCUT2D eigenvalue weighted by atomic mass is 10.3. The van der Waals surface area contributed by atoms with Crippen LogP contribution < -0.4 is 0 Å². The zero-order chi connectivity index (χ0) is 17.7. The quantitative estimate of drug-likeness (QED) is 0.607. The molecule has 0 bridgehead atoms. The molecule has 0 N–H and O–H groups in total. The molecule has 8 heteroatoms. The molecule has 0 unspecified atom stereocenters. The number of nitrogens with zero attached hydrogens (tertiary/aromatic N) is 3. The van der Waals surface area contributed by atoms with Gasteiger partial charge in [-0.05, 0) is 27.2 Å². The molecule has 0 aliphatic carbocycles. The first-order valence-electron chi connectivity index (χ1n) is 7.89. The van der Waals surface area contributed by atoms with Crippen molar-refractivity contribution in [2.45, 2.75) is 32.1 Å². The molecule has 2 rings (SSSR count). The Morgan fingerprint density at radius 3 is 2.54 bits per heavy atom. The molecule has 0 radical (unpaired) electrons. The van der Waals surface area contributed by atoms with Crippen molar-refractivity contribution >= 4 is 15.9 Å². The molecule has 132 valence electrons. The van der Waals surface area contributed by atoms with Gasteiger partial charge in [0.2, 0.25) is 15.9 Å². The molecule has 24 heavy (non-hydrogen) atoms. The Labute approximate surface area is 142 Å². The summed E-state index contributed by atoms with van der Waals surface area (Å²) in [5.74, 6) is 0.184. The SMILES string of the molecule is C/C=C/C=C/C(=O)N1CCCN(S(=O)(=O)c2c(C)noc2C)CC1. The van der Waals surface area contributed by atoms with E-state index in [1.807, 2.05) is 13.0 Å². The Bertz CT molecular complexity index is 730. The fourth-order valence-corrected chi connectivity index (χ4v) is 4.44. The summed E-state index contributed by atoms with van der Waals surface area (Å²) in [4.78, 5) is 13.9. The van der Waals surface area contributed by atoms with E-state index in [2.05, 4.69) is 5.16 Å². The number of aryl methyl sites for hydroxylation is 2. The van der Waals surface area contributed by atoms with Gasteiger partial charge in [-0.3, -0.25) is 4.79 Å². The van der Waals surface area contributed by atoms with E-state index in [4.69, 9.17) is 4.52 Å². The zero-order valence-electron chi connectivity index (χ0n) is 14.2. The van der Waals surface area contributed by atoms with Crippen LogP contribution >= 0.6 is 0 Å². The zero-order valence-corrected chi connectivity index (χ0v) is 15.0. The molecule has 0 aromatic carbocycles. The van der Waals surface area contributed by atoms with Crippen molar-refractivity contribution in [3.63, 3.8) is 0 Å². The maximum Gasteiger partial charge on any atom is 0.248 e. The van der Waals surface area contributed by atoms with Gasteiger partial charge in [-0.15, -0.1) is 0 Å². The summed E-state index contributed by atoms with van der Waals surface area (Å²) in [5.41, 5.74) is 0.360. The minimum atomic E-state index is -3.66. The van der Waals surface area contributed by atoms with E-state index in [1.165, 1.54) is 10.4 Å². The van der Waals surface area contributed by atoms with Crippen LogP contribution in [0.25, 0.3) is 0 Å². The first-order valence-corrected chi connectivity index (χ1v) is 9.33. The smallest absolute Gasteiger partial charge is 0.248 e. The number of rotatable bonds is 4. The van der Waals surface area contributed by atoms with Gasteiger partial charge >= 0.3 is 0 Å². The van der Waals surface area contributed by atoms with E-state index in [0.717, 1.165) is 0 Å². The summed E-state index contributed by atoms with van der Waals surface area (Å²) >= 11 is 0. The van der Waals surface area contributed by atoms with Crippen molar-refractivity contribution in [1.29, 1.82) is 0 Å². The highest BCUT2D eigenvalue weighted by atomic mass is 32.2. The summed E-state index contributed by atoms with van der Waals surface area (Å²) < 4.78 is 32.0. The summed E-state index contributed by atoms with van der Waals surface area (Å²) in [5, 5.41) is 3.72. The van der Waals surface area contributed by atoms with Crippen molar-refractivity contribution in [2.24, 2.45) is 0 Å². The Morgan fingerprint density at radius 2 is 1.92 bits per heavy atom. The second kappa shape index (κ2) is 7.76. The molecule has 1 aliphatic heterocycles. The molecule has 1 amide bonds. The number of carbonyl (C=O) groups excluding carboxylic acids is 1. The van der Waals surface area contributed by atoms with Gasteiger partial charge in [-0.25, -0.2) is 8.42 Å². The van der Waals surface area contributed by atoms with Gasteiger partial charge in [-0.2, -0.15) is 4.31 Å². The number of allylic oxidation sites excluding steroid dienone is 3. The Kier molecular flexibility index (Phi) is 5.95. The lowest BCUT2D eigenvalue weighted by Gasteiger charge is -2.21. The van der Waals surface area contributed by atoms with Crippen molar-refractivity contribution in [2.75, 3.05) is 26.2 Å². The highest BCUT2D eigenvalue weighted by Gasteiger charge is 2.32. The molecule has 1 fully saturated rings. The summed E-state index contributed by atoms with van der Waals surface area (Å²) in [6.07, 6.45) is 7.39. The highest BCUT2D eigenvalue weighted by Crippen LogP contribution is 2.24. The van der Waals surface area contributed by atoms with Crippen LogP contribution in [0.3, 0.4) is 0 Å². The van der Waals surface area contributed by atoms with E-state index >= 15 is 0 Å². The van der Waals surface area contributed by atoms with Gasteiger partial charge in [0.1, 0.15) is 10.6 Å². The second-order valence-corrected chi connectivity index (χ2v) is 7.50. The van der Waals surface area contributed by atoms with E-state index in [9.17, 15) is 13.2 Å². The largest absolute Gasteiger partial charge is 0.360 e. The third kappa shape index (κ3) is 3.93. The molecular formula is C16H23N3O4S. The van der Waals surface area contributed by atoms with Crippen LogP contribution in [-0.4, -0.2) is 54.9 Å². The van der Waals surface area contributed by atoms with Crippen LogP contribution in [0, 0.1) is 13.8 Å². The van der Waals surface area contributed by atoms with E-state index in [1.54, 1.807) is 30.9 Å². The van der Waals surface area contributed by atoms with Crippen molar-refractivity contribution in [1.82, 2.24) is 14.4 Å². The first kappa shape index (κ1) is 18.4. The number of carbonyl (C=O) groups is 1. The summed E-state index contributed by atoms with van der Waals surface area (Å²) in [6.45, 7) is 6.60. The Balaban J connectivity index is 2.12. The van der Waals surface area contributed by atoms with E-state index in [-0.39, 0.29) is 17.3 Å². The predicted molar refractivity (Wildman–Crippen MR) is 89.9 cm³/mol. The molecule has 0 spiro atoms. The minimum Gasteiger partial charge on any atom is -0.360 e. The molecular weight excluding hydrogens is 330 g/mol. The first-order chi connectivity index (χ1) is 11.4. The fraction of sp³-hybridized carbons (Fsp3) is 0.500. The standard InChI is InChI=1S/C16H23N3O4S/c1-4-5-6-8-15(20)18-9-7-10-19(12-11-18)24(21,22)16-13(2)17-23-14(16)3/h4-6,8H,7,9-12H2,1-3H3/b5-4+,8-6+. The topological polar surface area (TPSA) is 83.7 Å². The van der Waals surface area contributed by atoms with Crippen LogP contribution in [0.15, 0.2) is 33.7 Å². The Hall–Kier alpha value is -1.93. The molecule has 0 saturated carbocycles. The van der Waals surface area contributed by atoms with Crippen molar-refractivity contribution in [3.05, 3.63) is 35.8 Å². The molecule has 7 nitrogen and oxygen atoms in total. The summed E-state index contributed by atoms with van der Waals surface area (Å²) in [7, 11) is -3.66. The number of hydrogen-bond donors (Lipinski definition) is 0. The van der Waals surface area contributed by atoms with Gasteiger partial charge < -0.3 is 9.42 Å². The van der Waals surface area contributed by atoms with E-state index < -0.39 is 10.0 Å². The number of amides is 1. The van der Waals surface area contributed by atoms with Gasteiger partial charge in [-0.1, -0.05) is 23.4 Å². The minimum absolute atomic E-state index is 0.107. The Morgan fingerprint density at radius 1 is 1.17 bits per heavy atom. The average Bonchev–Trinajstić information content (AvgIpc) is 2.76. The van der Waals surface area contributed by atoms with Gasteiger partial charge in [0.25, 0.3) is 0 Å². The molecule has 1 aromatic heterocycles. The van der Waals surface area contributed by atoms with E-state index in [0.29, 0.717) is 37.5 Å². The molecule has 2 heterocycles. The fourth-order valence-electron chi connectivity index (χ4n) is 2.68. The predicted octanol–water partition coefficient (Wildman–Crippen LogP) is 1.65. The van der Waals surface area contributed by atoms with Gasteiger partial charge in [0.05, 0.1) is 0 Å². The third-order valence-electron chi connectivity index (χ3n) is 3.87. The van der Waals surface area contributed by atoms with Crippen LogP contribution in [-0.2, 0) is 14.8 Å². The van der Waals surface area contributed by atoms with Crippen molar-refractivity contribution < 1.29 is 17.7 Å². The van der Waals surface area contributed by atoms with Crippen LogP contribution in [0.2, 0.25) is 0 Å². The van der Waals surface area contributed by atoms with Crippen LogP contribution in [0.5, 0.6) is 0 Å². The normalized spacial score (nSPS) is 17.7. The maximum absolute atomic E-state index is 12.8. The molecule has 1 saturated heterocycles. The maximum atomic E-state index is 12.8. The van der Waals surface area contributed by atoms with Gasteiger partial charge in [0, 0.05) is 32.3 Å². The number of hydrogen-bond acceptors (Lipinski definition) is 5. The van der Waals surface area contributed by atoms with Crippen LogP contribution in [0.1, 0.15) is 24.8 Å². The summed E-state index contributed by atoms with van der Waals surface area (Å²) in [6, 6.07) is 0. The lowest BCUT2D eigenvalue weighted by Crippen LogP contribution is -2.37. The monoisotopic (exact) mass is 353 g/mol. The molecule has 1 aliphatic rings. The third-order valence-corrected chi connectivity index (χ3v) is 6.02. The number of sulfonamides is 1. The average molecular weight is 353 g/mol.